The molecule has 0 saturated heterocycles. The third-order valence-corrected chi connectivity index (χ3v) is 2.00. The van der Waals surface area contributed by atoms with E-state index in [1.54, 1.807) is 19.3 Å². The molecule has 0 bridgehead atoms. The summed E-state index contributed by atoms with van der Waals surface area (Å²) in [6.07, 6.45) is 4.34. The number of nitrogens with two attached hydrogens (primary N) is 1. The summed E-state index contributed by atoms with van der Waals surface area (Å²) in [5.41, 5.74) is 6.41. The van der Waals surface area contributed by atoms with Crippen molar-refractivity contribution in [1.82, 2.24) is 4.98 Å². The number of ether oxygens (including phenoxy) is 1. The number of nitrogens with zero attached hydrogens (tertiary/aromatic N) is 1. The van der Waals surface area contributed by atoms with Gasteiger partial charge in [-0.05, 0) is 12.8 Å². The molecule has 1 aromatic rings. The van der Waals surface area contributed by atoms with Crippen LogP contribution >= 0.6 is 0 Å². The SMILES string of the molecule is CNc1nccc(OC2CC2)c1N. The van der Waals surface area contributed by atoms with Crippen LogP contribution in [0.15, 0.2) is 12.3 Å². The minimum atomic E-state index is 0.370. The van der Waals surface area contributed by atoms with E-state index >= 15 is 0 Å². The van der Waals surface area contributed by atoms with Crippen LogP contribution in [0.5, 0.6) is 5.75 Å². The number of nitrogens with one attached hydrogen (secondary N) is 1. The average Bonchev–Trinajstić information content (AvgIpc) is 2.92. The van der Waals surface area contributed by atoms with Crippen LogP contribution in [0.4, 0.5) is 11.5 Å². The van der Waals surface area contributed by atoms with Crippen LogP contribution in [0.25, 0.3) is 0 Å². The van der Waals surface area contributed by atoms with Gasteiger partial charge in [0, 0.05) is 19.3 Å². The molecule has 1 aliphatic rings. The lowest BCUT2D eigenvalue weighted by Crippen LogP contribution is -2.04. The van der Waals surface area contributed by atoms with E-state index in [1.165, 1.54) is 0 Å². The molecule has 2 rings (SSSR count). The number of anilines is 2. The number of aromatic nitrogens is 1. The van der Waals surface area contributed by atoms with Gasteiger partial charge in [0.25, 0.3) is 0 Å². The minimum Gasteiger partial charge on any atom is -0.488 e. The molecule has 0 aliphatic heterocycles. The fraction of sp³-hybridized carbons (Fsp3) is 0.444. The number of hydrogen-bond acceptors (Lipinski definition) is 4. The van der Waals surface area contributed by atoms with Crippen LogP contribution in [-0.4, -0.2) is 18.1 Å². The first-order chi connectivity index (χ1) is 6.31. The van der Waals surface area contributed by atoms with Gasteiger partial charge in [-0.25, -0.2) is 4.98 Å². The fourth-order valence-electron chi connectivity index (χ4n) is 1.12. The summed E-state index contributed by atoms with van der Waals surface area (Å²) in [7, 11) is 1.79. The Bertz CT molecular complexity index is 310. The highest BCUT2D eigenvalue weighted by molar-refractivity contribution is 5.68. The van der Waals surface area contributed by atoms with E-state index < -0.39 is 0 Å². The molecule has 1 fully saturated rings. The maximum atomic E-state index is 5.82. The molecular formula is C9H13N3O. The molecule has 1 heterocycles. The highest BCUT2D eigenvalue weighted by atomic mass is 16.5. The molecule has 4 heteroatoms. The standard InChI is InChI=1S/C9H13N3O/c1-11-9-8(10)7(4-5-12-9)13-6-2-3-6/h4-6H,2-3,10H2,1H3,(H,11,12). The lowest BCUT2D eigenvalue weighted by molar-refractivity contribution is 0.305. The van der Waals surface area contributed by atoms with E-state index in [9.17, 15) is 0 Å². The molecule has 1 saturated carbocycles. The summed E-state index contributed by atoms with van der Waals surface area (Å²) in [6.45, 7) is 0. The number of pyridine rings is 1. The first kappa shape index (κ1) is 8.16. The van der Waals surface area contributed by atoms with Crippen LogP contribution in [0.3, 0.4) is 0 Å². The first-order valence-corrected chi connectivity index (χ1v) is 4.40. The molecule has 4 nitrogen and oxygen atoms in total. The van der Waals surface area contributed by atoms with Gasteiger partial charge in [0.1, 0.15) is 11.4 Å². The molecule has 0 spiro atoms. The summed E-state index contributed by atoms with van der Waals surface area (Å²) < 4.78 is 5.59. The largest absolute Gasteiger partial charge is 0.488 e. The van der Waals surface area contributed by atoms with E-state index in [0.717, 1.165) is 18.6 Å². The van der Waals surface area contributed by atoms with Crippen molar-refractivity contribution in [2.75, 3.05) is 18.1 Å². The average molecular weight is 179 g/mol. The lowest BCUT2D eigenvalue weighted by atomic mass is 10.3. The maximum Gasteiger partial charge on any atom is 0.152 e. The molecule has 0 unspecified atom stereocenters. The van der Waals surface area contributed by atoms with Crippen molar-refractivity contribution in [2.24, 2.45) is 0 Å². The molecule has 70 valence electrons. The fourth-order valence-corrected chi connectivity index (χ4v) is 1.12. The number of nitrogen functional groups attached to an aromatic ring is 1. The Morgan fingerprint density at radius 2 is 2.38 bits per heavy atom. The predicted octanol–water partition coefficient (Wildman–Crippen LogP) is 1.25. The number of rotatable bonds is 3. The topological polar surface area (TPSA) is 60.2 Å². The van der Waals surface area contributed by atoms with Crippen molar-refractivity contribution in [3.63, 3.8) is 0 Å². The summed E-state index contributed by atoms with van der Waals surface area (Å²) in [5.74, 6) is 1.42. The molecular weight excluding hydrogens is 166 g/mol. The van der Waals surface area contributed by atoms with Gasteiger partial charge in [0.05, 0.1) is 6.10 Å². The normalized spacial score (nSPS) is 15.5. The Kier molecular flexibility index (Phi) is 1.96. The molecule has 13 heavy (non-hydrogen) atoms. The molecule has 0 aromatic carbocycles. The van der Waals surface area contributed by atoms with Gasteiger partial charge in [-0.3, -0.25) is 0 Å². The first-order valence-electron chi connectivity index (χ1n) is 4.40. The van der Waals surface area contributed by atoms with Gasteiger partial charge in [-0.2, -0.15) is 0 Å². The van der Waals surface area contributed by atoms with E-state index in [4.69, 9.17) is 10.5 Å². The van der Waals surface area contributed by atoms with E-state index in [0.29, 0.717) is 17.6 Å². The maximum absolute atomic E-state index is 5.82. The Hall–Kier alpha value is -1.45. The predicted molar refractivity (Wildman–Crippen MR) is 51.8 cm³/mol. The zero-order valence-electron chi connectivity index (χ0n) is 7.58. The molecule has 1 aliphatic carbocycles. The van der Waals surface area contributed by atoms with Gasteiger partial charge >= 0.3 is 0 Å². The Morgan fingerprint density at radius 3 is 3.00 bits per heavy atom. The van der Waals surface area contributed by atoms with Crippen molar-refractivity contribution in [2.45, 2.75) is 18.9 Å². The van der Waals surface area contributed by atoms with Gasteiger partial charge in [0.15, 0.2) is 5.82 Å². The monoisotopic (exact) mass is 179 g/mol. The molecule has 1 aromatic heterocycles. The van der Waals surface area contributed by atoms with Gasteiger partial charge in [-0.1, -0.05) is 0 Å². The highest BCUT2D eigenvalue weighted by Gasteiger charge is 2.24. The third kappa shape index (κ3) is 1.66. The van der Waals surface area contributed by atoms with E-state index in [2.05, 4.69) is 10.3 Å². The Labute approximate surface area is 77.1 Å². The van der Waals surface area contributed by atoms with Crippen molar-refractivity contribution in [1.29, 1.82) is 0 Å². The minimum absolute atomic E-state index is 0.370. The lowest BCUT2D eigenvalue weighted by Gasteiger charge is -2.09. The van der Waals surface area contributed by atoms with Crippen molar-refractivity contribution in [3.05, 3.63) is 12.3 Å². The highest BCUT2D eigenvalue weighted by Crippen LogP contribution is 2.32. The van der Waals surface area contributed by atoms with E-state index in [-0.39, 0.29) is 0 Å². The van der Waals surface area contributed by atoms with E-state index in [1.807, 2.05) is 0 Å². The zero-order chi connectivity index (χ0) is 9.26. The van der Waals surface area contributed by atoms with Gasteiger partial charge in [0.2, 0.25) is 0 Å². The molecule has 0 radical (unpaired) electrons. The van der Waals surface area contributed by atoms with Crippen molar-refractivity contribution >= 4 is 11.5 Å². The van der Waals surface area contributed by atoms with Crippen molar-refractivity contribution in [3.8, 4) is 5.75 Å². The summed E-state index contributed by atoms with van der Waals surface area (Å²) in [5, 5.41) is 2.91. The third-order valence-electron chi connectivity index (χ3n) is 2.00. The summed E-state index contributed by atoms with van der Waals surface area (Å²) in [4.78, 5) is 4.07. The second kappa shape index (κ2) is 3.12. The second-order valence-electron chi connectivity index (χ2n) is 3.14. The Morgan fingerprint density at radius 1 is 1.62 bits per heavy atom. The van der Waals surface area contributed by atoms with Crippen LogP contribution in [-0.2, 0) is 0 Å². The Balaban J connectivity index is 2.22. The van der Waals surface area contributed by atoms with Gasteiger partial charge < -0.3 is 15.8 Å². The molecule has 0 amide bonds. The summed E-state index contributed by atoms with van der Waals surface area (Å²) in [6, 6.07) is 1.80. The zero-order valence-corrected chi connectivity index (χ0v) is 7.58. The van der Waals surface area contributed by atoms with Crippen LogP contribution in [0.2, 0.25) is 0 Å². The smallest absolute Gasteiger partial charge is 0.152 e. The number of hydrogen-bond donors (Lipinski definition) is 2. The molecule has 0 atom stereocenters. The van der Waals surface area contributed by atoms with Crippen molar-refractivity contribution < 1.29 is 4.74 Å². The van der Waals surface area contributed by atoms with Crippen LogP contribution < -0.4 is 15.8 Å². The van der Waals surface area contributed by atoms with Crippen LogP contribution in [0, 0.1) is 0 Å². The second-order valence-corrected chi connectivity index (χ2v) is 3.14. The quantitative estimate of drug-likeness (QED) is 0.733. The van der Waals surface area contributed by atoms with Crippen LogP contribution in [0.1, 0.15) is 12.8 Å². The van der Waals surface area contributed by atoms with Gasteiger partial charge in [-0.15, -0.1) is 0 Å². The summed E-state index contributed by atoms with van der Waals surface area (Å²) >= 11 is 0. The molecule has 3 N–H and O–H groups in total.